The second kappa shape index (κ2) is 21.8. The standard InChI is InChI=1S/C44H84N2O6/c1-11-13-15-17-22-26-30-51-45-40(5,6)32-36(3)34-42(45,9)44(39(49)50,29-25-21-19-20-24-28-38(47)48)43(10)35-37(4)33-41(7,8)46(43)52-31-27-23-18-16-14-12-2/h36-37H,11-35H2,1-10H3,(H,47,48)(H,49,50). The summed E-state index contributed by atoms with van der Waals surface area (Å²) >= 11 is 0. The van der Waals surface area contributed by atoms with Crippen LogP contribution < -0.4 is 0 Å². The fourth-order valence-electron chi connectivity index (χ4n) is 11.2. The number of carboxylic acids is 2. The zero-order chi connectivity index (χ0) is 39.1. The van der Waals surface area contributed by atoms with Crippen molar-refractivity contribution in [3.05, 3.63) is 0 Å². The first kappa shape index (κ1) is 46.9. The van der Waals surface area contributed by atoms with E-state index in [9.17, 15) is 14.7 Å². The highest BCUT2D eigenvalue weighted by Crippen LogP contribution is 2.62. The molecule has 0 spiro atoms. The Morgan fingerprint density at radius 1 is 0.577 bits per heavy atom. The number of carboxylic acid groups (broad SMARTS) is 2. The van der Waals surface area contributed by atoms with Gasteiger partial charge in [0.05, 0.1) is 24.3 Å². The predicted molar refractivity (Wildman–Crippen MR) is 214 cm³/mol. The molecular weight excluding hydrogens is 652 g/mol. The first-order valence-corrected chi connectivity index (χ1v) is 21.8. The molecule has 52 heavy (non-hydrogen) atoms. The first-order chi connectivity index (χ1) is 24.4. The summed E-state index contributed by atoms with van der Waals surface area (Å²) in [5.41, 5.74) is -3.59. The molecule has 0 aromatic rings. The Bertz CT molecular complexity index is 990. The van der Waals surface area contributed by atoms with Gasteiger partial charge in [0.15, 0.2) is 0 Å². The second-order valence-corrected chi connectivity index (χ2v) is 18.9. The summed E-state index contributed by atoms with van der Waals surface area (Å²) < 4.78 is 0. The molecule has 2 rings (SSSR count). The second-order valence-electron chi connectivity index (χ2n) is 18.9. The molecule has 0 bridgehead atoms. The Morgan fingerprint density at radius 3 is 1.33 bits per heavy atom. The van der Waals surface area contributed by atoms with Gasteiger partial charge in [-0.3, -0.25) is 19.3 Å². The van der Waals surface area contributed by atoms with Crippen LogP contribution in [0.5, 0.6) is 0 Å². The van der Waals surface area contributed by atoms with Crippen molar-refractivity contribution < 1.29 is 29.5 Å². The van der Waals surface area contributed by atoms with Crippen LogP contribution >= 0.6 is 0 Å². The fraction of sp³-hybridized carbons (Fsp3) is 0.955. The topological polar surface area (TPSA) is 99.5 Å². The third-order valence-electron chi connectivity index (χ3n) is 12.8. The average Bonchev–Trinajstić information content (AvgIpc) is 3.02. The van der Waals surface area contributed by atoms with Crippen LogP contribution in [0.4, 0.5) is 0 Å². The Kier molecular flexibility index (Phi) is 19.6. The van der Waals surface area contributed by atoms with Crippen LogP contribution in [0.15, 0.2) is 0 Å². The molecule has 2 aliphatic heterocycles. The van der Waals surface area contributed by atoms with Gasteiger partial charge in [-0.2, -0.15) is 10.1 Å². The van der Waals surface area contributed by atoms with Crippen LogP contribution in [0.1, 0.15) is 217 Å². The number of rotatable bonds is 27. The number of hydrogen-bond donors (Lipinski definition) is 2. The summed E-state index contributed by atoms with van der Waals surface area (Å²) in [7, 11) is 0. The Hall–Kier alpha value is -1.22. The van der Waals surface area contributed by atoms with Crippen LogP contribution in [-0.2, 0) is 19.3 Å². The minimum absolute atomic E-state index is 0.185. The smallest absolute Gasteiger partial charge is 0.313 e. The molecule has 0 aromatic carbocycles. The number of aliphatic carboxylic acids is 2. The molecule has 4 unspecified atom stereocenters. The molecule has 2 fully saturated rings. The minimum Gasteiger partial charge on any atom is -0.481 e. The van der Waals surface area contributed by atoms with Crippen molar-refractivity contribution in [1.82, 2.24) is 10.1 Å². The van der Waals surface area contributed by atoms with Crippen molar-refractivity contribution in [2.45, 2.75) is 239 Å². The molecular formula is C44H84N2O6. The van der Waals surface area contributed by atoms with E-state index in [1.807, 2.05) is 0 Å². The molecule has 2 aliphatic rings. The van der Waals surface area contributed by atoms with Crippen LogP contribution in [0.3, 0.4) is 0 Å². The maximum Gasteiger partial charge on any atom is 0.313 e. The van der Waals surface area contributed by atoms with E-state index in [0.717, 1.165) is 77.0 Å². The number of hydrogen-bond acceptors (Lipinski definition) is 6. The van der Waals surface area contributed by atoms with Gasteiger partial charge in [-0.25, -0.2) is 0 Å². The Labute approximate surface area is 320 Å². The van der Waals surface area contributed by atoms with Crippen molar-refractivity contribution in [3.8, 4) is 0 Å². The third-order valence-corrected chi connectivity index (χ3v) is 12.8. The van der Waals surface area contributed by atoms with Crippen LogP contribution in [0.2, 0.25) is 0 Å². The number of nitrogens with zero attached hydrogens (tertiary/aromatic N) is 2. The van der Waals surface area contributed by atoms with E-state index in [1.165, 1.54) is 51.4 Å². The summed E-state index contributed by atoms with van der Waals surface area (Å²) in [5.74, 6) is -0.868. The first-order valence-electron chi connectivity index (χ1n) is 21.8. The lowest BCUT2D eigenvalue weighted by atomic mass is 9.49. The number of carbonyl (C=O) groups is 2. The maximum absolute atomic E-state index is 14.7. The average molecular weight is 737 g/mol. The number of hydroxylamine groups is 4. The van der Waals surface area contributed by atoms with E-state index in [2.05, 4.69) is 79.4 Å². The van der Waals surface area contributed by atoms with Crippen molar-refractivity contribution in [1.29, 1.82) is 0 Å². The van der Waals surface area contributed by atoms with Crippen molar-refractivity contribution in [3.63, 3.8) is 0 Å². The molecule has 2 N–H and O–H groups in total. The van der Waals surface area contributed by atoms with E-state index in [0.29, 0.717) is 37.9 Å². The van der Waals surface area contributed by atoms with Gasteiger partial charge in [0, 0.05) is 17.5 Å². The van der Waals surface area contributed by atoms with Crippen molar-refractivity contribution in [2.24, 2.45) is 17.3 Å². The highest BCUT2D eigenvalue weighted by Gasteiger charge is 2.72. The largest absolute Gasteiger partial charge is 0.481 e. The van der Waals surface area contributed by atoms with Gasteiger partial charge in [0.2, 0.25) is 0 Å². The Balaban J connectivity index is 2.63. The molecule has 2 heterocycles. The van der Waals surface area contributed by atoms with Gasteiger partial charge in [-0.15, -0.1) is 0 Å². The molecule has 0 saturated carbocycles. The number of piperidine rings is 2. The van der Waals surface area contributed by atoms with Crippen LogP contribution in [-0.4, -0.2) is 67.6 Å². The molecule has 0 aliphatic carbocycles. The normalized spacial score (nSPS) is 27.7. The maximum atomic E-state index is 14.7. The van der Waals surface area contributed by atoms with E-state index >= 15 is 0 Å². The summed E-state index contributed by atoms with van der Waals surface area (Å²) in [6, 6.07) is 0. The van der Waals surface area contributed by atoms with Crippen molar-refractivity contribution in [2.75, 3.05) is 13.2 Å². The molecule has 8 nitrogen and oxygen atoms in total. The van der Waals surface area contributed by atoms with E-state index < -0.39 is 28.4 Å². The van der Waals surface area contributed by atoms with Crippen LogP contribution in [0.25, 0.3) is 0 Å². The van der Waals surface area contributed by atoms with Crippen molar-refractivity contribution >= 4 is 11.9 Å². The zero-order valence-electron chi connectivity index (χ0n) is 35.8. The molecule has 2 saturated heterocycles. The van der Waals surface area contributed by atoms with Gasteiger partial charge < -0.3 is 10.2 Å². The Morgan fingerprint density at radius 2 is 0.942 bits per heavy atom. The van der Waals surface area contributed by atoms with Gasteiger partial charge >= 0.3 is 11.9 Å². The zero-order valence-corrected chi connectivity index (χ0v) is 35.8. The minimum atomic E-state index is -1.22. The van der Waals surface area contributed by atoms with E-state index in [1.54, 1.807) is 0 Å². The number of unbranched alkanes of at least 4 members (excludes halogenated alkanes) is 14. The van der Waals surface area contributed by atoms with E-state index in [4.69, 9.17) is 14.8 Å². The fourth-order valence-corrected chi connectivity index (χ4v) is 11.2. The highest BCUT2D eigenvalue weighted by molar-refractivity contribution is 5.79. The molecule has 306 valence electrons. The molecule has 0 amide bonds. The lowest BCUT2D eigenvalue weighted by molar-refractivity contribution is -0.367. The van der Waals surface area contributed by atoms with Gasteiger partial charge in [0.1, 0.15) is 5.41 Å². The van der Waals surface area contributed by atoms with Gasteiger partial charge in [-0.1, -0.05) is 118 Å². The molecule has 4 atom stereocenters. The predicted octanol–water partition coefficient (Wildman–Crippen LogP) is 12.0. The lowest BCUT2D eigenvalue weighted by Gasteiger charge is -2.68. The summed E-state index contributed by atoms with van der Waals surface area (Å²) in [6.45, 7) is 23.7. The summed E-state index contributed by atoms with van der Waals surface area (Å²) in [5, 5.41) is 25.6. The molecule has 0 aromatic heterocycles. The SMILES string of the molecule is CCCCCCCCON1C(C)(C)CC(C)CC1(C)C(CCCCCCCC(=O)O)(C(=O)O)C1(C)CC(C)CC(C)(C)N1OCCCCCCCC. The summed E-state index contributed by atoms with van der Waals surface area (Å²) in [6.07, 6.45) is 22.1. The lowest BCUT2D eigenvalue weighted by Crippen LogP contribution is -2.80. The third kappa shape index (κ3) is 12.1. The van der Waals surface area contributed by atoms with Crippen LogP contribution in [0, 0.1) is 17.3 Å². The monoisotopic (exact) mass is 737 g/mol. The van der Waals surface area contributed by atoms with Gasteiger partial charge in [0.25, 0.3) is 0 Å². The van der Waals surface area contributed by atoms with Gasteiger partial charge in [-0.05, 0) is 105 Å². The van der Waals surface area contributed by atoms with E-state index in [-0.39, 0.29) is 17.5 Å². The molecule has 8 heteroatoms. The molecule has 0 radical (unpaired) electrons. The quantitative estimate of drug-likeness (QED) is 0.0804. The summed E-state index contributed by atoms with van der Waals surface area (Å²) in [4.78, 5) is 39.8. The highest BCUT2D eigenvalue weighted by atomic mass is 16.7.